The molecule has 0 aliphatic carbocycles. The molecule has 1 N–H and O–H groups in total. The topological polar surface area (TPSA) is 63.1 Å². The Labute approximate surface area is 123 Å². The number of amides is 1. The normalized spacial score (nSPS) is 22.0. The Kier molecular flexibility index (Phi) is 3.96. The zero-order valence-corrected chi connectivity index (χ0v) is 12.0. The third-order valence-electron chi connectivity index (χ3n) is 3.92. The van der Waals surface area contributed by atoms with Crippen LogP contribution in [0.15, 0.2) is 43.0 Å². The molecule has 0 bridgehead atoms. The van der Waals surface area contributed by atoms with E-state index in [0.29, 0.717) is 6.42 Å². The maximum atomic E-state index is 12.0. The minimum absolute atomic E-state index is 0.0452. The number of nitrogens with zero attached hydrogens (tertiary/aromatic N) is 4. The molecule has 6 heteroatoms. The van der Waals surface area contributed by atoms with Crippen molar-refractivity contribution in [2.75, 3.05) is 13.6 Å². The van der Waals surface area contributed by atoms with Crippen LogP contribution in [0.2, 0.25) is 0 Å². The predicted octanol–water partition coefficient (Wildman–Crippen LogP) is 0.840. The molecule has 1 amide bonds. The number of rotatable bonds is 5. The maximum absolute atomic E-state index is 12.0. The lowest BCUT2D eigenvalue weighted by Crippen LogP contribution is -2.36. The second-order valence-electron chi connectivity index (χ2n) is 5.27. The summed E-state index contributed by atoms with van der Waals surface area (Å²) >= 11 is 0. The van der Waals surface area contributed by atoms with Crippen LogP contribution in [-0.4, -0.2) is 45.2 Å². The highest BCUT2D eigenvalue weighted by Gasteiger charge is 2.38. The van der Waals surface area contributed by atoms with Crippen LogP contribution >= 0.6 is 0 Å². The van der Waals surface area contributed by atoms with Crippen molar-refractivity contribution >= 4 is 5.91 Å². The average Bonchev–Trinajstić information content (AvgIpc) is 3.10. The molecule has 3 rings (SSSR count). The Balaban J connectivity index is 1.66. The summed E-state index contributed by atoms with van der Waals surface area (Å²) in [5, 5.41) is 7.65. The quantitative estimate of drug-likeness (QED) is 0.884. The van der Waals surface area contributed by atoms with Gasteiger partial charge in [0.15, 0.2) is 0 Å². The minimum Gasteiger partial charge on any atom is -0.337 e. The number of carbonyl (C=O) groups excluding carboxylic acids is 1. The molecule has 1 fully saturated rings. The van der Waals surface area contributed by atoms with Gasteiger partial charge in [0, 0.05) is 50.8 Å². The number of likely N-dealkylation sites (tertiary alicyclic amines) is 1. The average molecular weight is 285 g/mol. The van der Waals surface area contributed by atoms with Crippen molar-refractivity contribution in [2.24, 2.45) is 0 Å². The van der Waals surface area contributed by atoms with Crippen molar-refractivity contribution in [3.8, 4) is 0 Å². The van der Waals surface area contributed by atoms with Gasteiger partial charge in [-0.2, -0.15) is 5.10 Å². The van der Waals surface area contributed by atoms with E-state index < -0.39 is 0 Å². The highest BCUT2D eigenvalue weighted by atomic mass is 16.2. The van der Waals surface area contributed by atoms with Gasteiger partial charge >= 0.3 is 0 Å². The van der Waals surface area contributed by atoms with Crippen molar-refractivity contribution in [3.05, 3.63) is 48.5 Å². The number of carbonyl (C=O) groups is 1. The lowest BCUT2D eigenvalue weighted by Gasteiger charge is -2.25. The van der Waals surface area contributed by atoms with Crippen LogP contribution in [0.1, 0.15) is 18.0 Å². The molecule has 0 radical (unpaired) electrons. The van der Waals surface area contributed by atoms with E-state index in [0.717, 1.165) is 18.7 Å². The zero-order valence-electron chi connectivity index (χ0n) is 12.0. The van der Waals surface area contributed by atoms with E-state index in [4.69, 9.17) is 0 Å². The minimum atomic E-state index is 0.0452. The van der Waals surface area contributed by atoms with E-state index in [1.54, 1.807) is 12.4 Å². The summed E-state index contributed by atoms with van der Waals surface area (Å²) in [7, 11) is 1.86. The number of hydrogen-bond donors (Lipinski definition) is 1. The lowest BCUT2D eigenvalue weighted by atomic mass is 10.0. The molecule has 1 aliphatic heterocycles. The fourth-order valence-corrected chi connectivity index (χ4v) is 2.86. The van der Waals surface area contributed by atoms with Gasteiger partial charge in [-0.05, 0) is 17.7 Å². The monoisotopic (exact) mass is 285 g/mol. The first kappa shape index (κ1) is 13.8. The van der Waals surface area contributed by atoms with Crippen LogP contribution in [0.25, 0.3) is 0 Å². The maximum Gasteiger partial charge on any atom is 0.224 e. The molecule has 21 heavy (non-hydrogen) atoms. The van der Waals surface area contributed by atoms with Gasteiger partial charge < -0.3 is 10.2 Å². The second-order valence-corrected chi connectivity index (χ2v) is 5.27. The summed E-state index contributed by atoms with van der Waals surface area (Å²) in [6.07, 6.45) is 7.81. The van der Waals surface area contributed by atoms with Gasteiger partial charge in [0.1, 0.15) is 0 Å². The van der Waals surface area contributed by atoms with Crippen molar-refractivity contribution in [1.82, 2.24) is 25.0 Å². The van der Waals surface area contributed by atoms with E-state index >= 15 is 0 Å². The number of likely N-dealkylation sites (N-methyl/N-ethyl adjacent to an activating group) is 1. The second kappa shape index (κ2) is 6.05. The Bertz CT molecular complexity index is 583. The lowest BCUT2D eigenvalue weighted by molar-refractivity contribution is -0.127. The molecule has 2 atom stereocenters. The Hall–Kier alpha value is -2.21. The van der Waals surface area contributed by atoms with E-state index in [-0.39, 0.29) is 18.0 Å². The van der Waals surface area contributed by atoms with Gasteiger partial charge in [0.05, 0.1) is 12.6 Å². The zero-order chi connectivity index (χ0) is 14.7. The molecule has 1 saturated heterocycles. The summed E-state index contributed by atoms with van der Waals surface area (Å²) in [5.74, 6) is 0.167. The summed E-state index contributed by atoms with van der Waals surface area (Å²) in [6, 6.07) is 6.00. The first-order chi connectivity index (χ1) is 10.3. The Morgan fingerprint density at radius 3 is 3.00 bits per heavy atom. The highest BCUT2D eigenvalue weighted by molar-refractivity contribution is 5.80. The van der Waals surface area contributed by atoms with E-state index in [1.165, 1.54) is 0 Å². The number of nitrogens with one attached hydrogen (secondary N) is 1. The molecular formula is C15H19N5O. The standard InChI is InChI=1S/C15H19N5O/c1-19-14(21)10-13(15(19)12-4-2-5-16-11-12)17-7-9-20-8-3-6-18-20/h2-6,8,11,13,15,17H,7,9-10H2,1H3/t13-,15+/m1/s1. The van der Waals surface area contributed by atoms with Crippen LogP contribution in [-0.2, 0) is 11.3 Å². The van der Waals surface area contributed by atoms with Gasteiger partial charge in [0.2, 0.25) is 5.91 Å². The van der Waals surface area contributed by atoms with Gasteiger partial charge in [-0.3, -0.25) is 14.5 Å². The molecule has 0 unspecified atom stereocenters. The molecule has 2 aromatic rings. The molecular weight excluding hydrogens is 266 g/mol. The number of aromatic nitrogens is 3. The molecule has 0 saturated carbocycles. The third-order valence-corrected chi connectivity index (χ3v) is 3.92. The molecule has 2 aromatic heterocycles. The van der Waals surface area contributed by atoms with Crippen LogP contribution in [0.3, 0.4) is 0 Å². The SMILES string of the molecule is CN1C(=O)C[C@@H](NCCn2cccn2)[C@@H]1c1cccnc1. The summed E-state index contributed by atoms with van der Waals surface area (Å²) in [5.41, 5.74) is 1.07. The van der Waals surface area contributed by atoms with Gasteiger partial charge in [0.25, 0.3) is 0 Å². The van der Waals surface area contributed by atoms with Crippen LogP contribution in [0.4, 0.5) is 0 Å². The Morgan fingerprint density at radius 2 is 2.29 bits per heavy atom. The fourth-order valence-electron chi connectivity index (χ4n) is 2.86. The van der Waals surface area contributed by atoms with Gasteiger partial charge in [-0.25, -0.2) is 0 Å². The van der Waals surface area contributed by atoms with Crippen molar-refractivity contribution in [2.45, 2.75) is 25.0 Å². The largest absolute Gasteiger partial charge is 0.337 e. The van der Waals surface area contributed by atoms with Crippen LogP contribution < -0.4 is 5.32 Å². The van der Waals surface area contributed by atoms with E-state index in [9.17, 15) is 4.79 Å². The van der Waals surface area contributed by atoms with Crippen molar-refractivity contribution in [3.63, 3.8) is 0 Å². The summed E-state index contributed by atoms with van der Waals surface area (Å²) in [6.45, 7) is 1.57. The fraction of sp³-hybridized carbons (Fsp3) is 0.400. The van der Waals surface area contributed by atoms with E-state index in [2.05, 4.69) is 15.4 Å². The molecule has 110 valence electrons. The van der Waals surface area contributed by atoms with Crippen LogP contribution in [0, 0.1) is 0 Å². The molecule has 3 heterocycles. The predicted molar refractivity (Wildman–Crippen MR) is 78.4 cm³/mol. The summed E-state index contributed by atoms with van der Waals surface area (Å²) < 4.78 is 1.88. The summed E-state index contributed by atoms with van der Waals surface area (Å²) in [4.78, 5) is 18.0. The molecule has 0 spiro atoms. The molecule has 0 aromatic carbocycles. The first-order valence-corrected chi connectivity index (χ1v) is 7.12. The van der Waals surface area contributed by atoms with Crippen molar-refractivity contribution in [1.29, 1.82) is 0 Å². The smallest absolute Gasteiger partial charge is 0.224 e. The molecule has 6 nitrogen and oxygen atoms in total. The van der Waals surface area contributed by atoms with Gasteiger partial charge in [-0.15, -0.1) is 0 Å². The number of pyridine rings is 1. The number of hydrogen-bond acceptors (Lipinski definition) is 4. The third kappa shape index (κ3) is 2.95. The first-order valence-electron chi connectivity index (χ1n) is 7.12. The van der Waals surface area contributed by atoms with Crippen LogP contribution in [0.5, 0.6) is 0 Å². The Morgan fingerprint density at radius 1 is 1.38 bits per heavy atom. The van der Waals surface area contributed by atoms with Crippen molar-refractivity contribution < 1.29 is 4.79 Å². The van der Waals surface area contributed by atoms with Gasteiger partial charge in [-0.1, -0.05) is 6.07 Å². The highest BCUT2D eigenvalue weighted by Crippen LogP contribution is 2.31. The van der Waals surface area contributed by atoms with E-state index in [1.807, 2.05) is 47.2 Å². The molecule has 1 aliphatic rings.